The van der Waals surface area contributed by atoms with Crippen LogP contribution in [0.1, 0.15) is 33.6 Å². The summed E-state index contributed by atoms with van der Waals surface area (Å²) in [7, 11) is 0. The average Bonchev–Trinajstić information content (AvgIpc) is 2.24. The summed E-state index contributed by atoms with van der Waals surface area (Å²) in [5, 5.41) is 17.6. The summed E-state index contributed by atoms with van der Waals surface area (Å²) in [5.41, 5.74) is 2.88. The van der Waals surface area contributed by atoms with Crippen LogP contribution in [0, 0.1) is 22.7 Å². The molecule has 0 heterocycles. The maximum absolute atomic E-state index is 8.78. The van der Waals surface area contributed by atoms with Gasteiger partial charge in [0.1, 0.15) is 17.7 Å². The Morgan fingerprint density at radius 3 is 2.07 bits per heavy atom. The number of nitriles is 2. The van der Waals surface area contributed by atoms with Gasteiger partial charge in [-0.1, -0.05) is 32.1 Å². The summed E-state index contributed by atoms with van der Waals surface area (Å²) in [5.74, 6) is 0. The first-order valence-corrected chi connectivity index (χ1v) is 5.00. The third-order valence-electron chi connectivity index (χ3n) is 2.24. The van der Waals surface area contributed by atoms with E-state index >= 15 is 0 Å². The normalized spacial score (nSPS) is 10.1. The molecular formula is C13H16N2. The van der Waals surface area contributed by atoms with Gasteiger partial charge in [0.05, 0.1) is 0 Å². The molecule has 0 aromatic carbocycles. The lowest BCUT2D eigenvalue weighted by atomic mass is 9.98. The van der Waals surface area contributed by atoms with E-state index in [1.807, 2.05) is 32.1 Å². The zero-order valence-corrected chi connectivity index (χ0v) is 9.59. The highest BCUT2D eigenvalue weighted by Gasteiger charge is 2.06. The zero-order chi connectivity index (χ0) is 11.8. The minimum atomic E-state index is 0.169. The maximum atomic E-state index is 8.78. The van der Waals surface area contributed by atoms with E-state index in [0.717, 1.165) is 17.6 Å². The molecule has 0 aliphatic heterocycles. The van der Waals surface area contributed by atoms with Gasteiger partial charge in [0.2, 0.25) is 0 Å². The van der Waals surface area contributed by atoms with Crippen molar-refractivity contribution < 1.29 is 0 Å². The van der Waals surface area contributed by atoms with Crippen molar-refractivity contribution in [3.63, 3.8) is 0 Å². The van der Waals surface area contributed by atoms with Crippen molar-refractivity contribution in [2.75, 3.05) is 0 Å². The van der Waals surface area contributed by atoms with Crippen LogP contribution < -0.4 is 0 Å². The first kappa shape index (κ1) is 13.2. The first-order chi connectivity index (χ1) is 7.10. The van der Waals surface area contributed by atoms with Crippen LogP contribution in [0.25, 0.3) is 0 Å². The summed E-state index contributed by atoms with van der Waals surface area (Å²) in [6.07, 6.45) is 3.54. The molecule has 0 unspecified atom stereocenters. The molecule has 0 spiro atoms. The summed E-state index contributed by atoms with van der Waals surface area (Å²) < 4.78 is 0. The standard InChI is InChI=1S/C13H16N2/c1-5-10(3)7-11(4)13(6-2)12(8-14)9-15/h7H,4-6H2,1-3H3/b10-7-. The molecule has 0 fully saturated rings. The molecule has 0 aromatic heterocycles. The molecule has 0 bridgehead atoms. The highest BCUT2D eigenvalue weighted by atomic mass is 14.3. The van der Waals surface area contributed by atoms with Crippen LogP contribution >= 0.6 is 0 Å². The Balaban J connectivity index is 5.22. The molecule has 78 valence electrons. The highest BCUT2D eigenvalue weighted by molar-refractivity contribution is 5.51. The van der Waals surface area contributed by atoms with Gasteiger partial charge in [-0.05, 0) is 30.9 Å². The van der Waals surface area contributed by atoms with Gasteiger partial charge in [0.25, 0.3) is 0 Å². The number of hydrogen-bond donors (Lipinski definition) is 0. The summed E-state index contributed by atoms with van der Waals surface area (Å²) in [6.45, 7) is 9.89. The third kappa shape index (κ3) is 3.83. The van der Waals surface area contributed by atoms with Crippen molar-refractivity contribution in [3.8, 4) is 12.1 Å². The van der Waals surface area contributed by atoms with Crippen molar-refractivity contribution in [2.24, 2.45) is 0 Å². The molecular weight excluding hydrogens is 184 g/mol. The predicted molar refractivity (Wildman–Crippen MR) is 61.7 cm³/mol. The summed E-state index contributed by atoms with van der Waals surface area (Å²) in [6, 6.07) is 3.81. The summed E-state index contributed by atoms with van der Waals surface area (Å²) >= 11 is 0. The smallest absolute Gasteiger partial charge is 0.133 e. The molecule has 0 radical (unpaired) electrons. The van der Waals surface area contributed by atoms with E-state index in [-0.39, 0.29) is 5.57 Å². The largest absolute Gasteiger partial charge is 0.192 e. The Labute approximate surface area is 91.8 Å². The Bertz CT molecular complexity index is 368. The fourth-order valence-electron chi connectivity index (χ4n) is 1.21. The van der Waals surface area contributed by atoms with E-state index in [1.54, 1.807) is 0 Å². The van der Waals surface area contributed by atoms with Crippen molar-refractivity contribution in [1.82, 2.24) is 0 Å². The topological polar surface area (TPSA) is 47.6 Å². The van der Waals surface area contributed by atoms with Gasteiger partial charge in [-0.3, -0.25) is 0 Å². The van der Waals surface area contributed by atoms with Gasteiger partial charge in [-0.15, -0.1) is 0 Å². The molecule has 0 atom stereocenters. The fourth-order valence-corrected chi connectivity index (χ4v) is 1.21. The van der Waals surface area contributed by atoms with Crippen LogP contribution in [0.3, 0.4) is 0 Å². The van der Waals surface area contributed by atoms with Crippen molar-refractivity contribution in [3.05, 3.63) is 34.9 Å². The lowest BCUT2D eigenvalue weighted by Gasteiger charge is -2.05. The van der Waals surface area contributed by atoms with E-state index < -0.39 is 0 Å². The molecule has 0 aromatic rings. The Kier molecular flexibility index (Phi) is 5.83. The van der Waals surface area contributed by atoms with E-state index in [9.17, 15) is 0 Å². The third-order valence-corrected chi connectivity index (χ3v) is 2.24. The van der Waals surface area contributed by atoms with Crippen LogP contribution in [0.4, 0.5) is 0 Å². The van der Waals surface area contributed by atoms with Gasteiger partial charge < -0.3 is 0 Å². The van der Waals surface area contributed by atoms with Crippen LogP contribution in [0.15, 0.2) is 34.9 Å². The first-order valence-electron chi connectivity index (χ1n) is 5.00. The quantitative estimate of drug-likeness (QED) is 0.513. The van der Waals surface area contributed by atoms with Crippen LogP contribution in [0.5, 0.6) is 0 Å². The zero-order valence-electron chi connectivity index (χ0n) is 9.59. The lowest BCUT2D eigenvalue weighted by Crippen LogP contribution is -1.90. The lowest BCUT2D eigenvalue weighted by molar-refractivity contribution is 1.07. The second-order valence-corrected chi connectivity index (χ2v) is 3.30. The van der Waals surface area contributed by atoms with Crippen LogP contribution in [0.2, 0.25) is 0 Å². The SMILES string of the molecule is C=C(/C=C(/C)CC)C(CC)=C(C#N)C#N. The van der Waals surface area contributed by atoms with Gasteiger partial charge in [0, 0.05) is 0 Å². The van der Waals surface area contributed by atoms with Gasteiger partial charge in [0.15, 0.2) is 0 Å². The molecule has 0 aliphatic rings. The Morgan fingerprint density at radius 2 is 1.73 bits per heavy atom. The van der Waals surface area contributed by atoms with E-state index in [4.69, 9.17) is 10.5 Å². The van der Waals surface area contributed by atoms with Gasteiger partial charge in [-0.2, -0.15) is 10.5 Å². The Morgan fingerprint density at radius 1 is 1.20 bits per heavy atom. The number of nitrogens with zero attached hydrogens (tertiary/aromatic N) is 2. The molecule has 0 amide bonds. The second kappa shape index (κ2) is 6.62. The molecule has 0 rings (SSSR count). The van der Waals surface area contributed by atoms with Crippen LogP contribution in [-0.2, 0) is 0 Å². The molecule has 0 aliphatic carbocycles. The average molecular weight is 200 g/mol. The highest BCUT2D eigenvalue weighted by Crippen LogP contribution is 2.19. The monoisotopic (exact) mass is 200 g/mol. The maximum Gasteiger partial charge on any atom is 0.133 e. The van der Waals surface area contributed by atoms with Crippen molar-refractivity contribution in [1.29, 1.82) is 10.5 Å². The van der Waals surface area contributed by atoms with E-state index in [2.05, 4.69) is 13.5 Å². The summed E-state index contributed by atoms with van der Waals surface area (Å²) in [4.78, 5) is 0. The minimum absolute atomic E-state index is 0.169. The predicted octanol–water partition coefficient (Wildman–Crippen LogP) is 3.65. The molecule has 0 saturated heterocycles. The van der Waals surface area contributed by atoms with E-state index in [0.29, 0.717) is 6.42 Å². The van der Waals surface area contributed by atoms with Crippen molar-refractivity contribution >= 4 is 0 Å². The molecule has 2 heteroatoms. The minimum Gasteiger partial charge on any atom is -0.192 e. The molecule has 2 nitrogen and oxygen atoms in total. The Hall–Kier alpha value is -1.80. The number of allylic oxidation sites excluding steroid dienone is 5. The second-order valence-electron chi connectivity index (χ2n) is 3.30. The van der Waals surface area contributed by atoms with Gasteiger partial charge >= 0.3 is 0 Å². The molecule has 15 heavy (non-hydrogen) atoms. The van der Waals surface area contributed by atoms with Gasteiger partial charge in [-0.25, -0.2) is 0 Å². The van der Waals surface area contributed by atoms with Crippen molar-refractivity contribution in [2.45, 2.75) is 33.6 Å². The van der Waals surface area contributed by atoms with E-state index in [1.165, 1.54) is 5.57 Å². The van der Waals surface area contributed by atoms with Crippen LogP contribution in [-0.4, -0.2) is 0 Å². The number of rotatable bonds is 4. The molecule has 0 N–H and O–H groups in total. The number of hydrogen-bond acceptors (Lipinski definition) is 2. The fraction of sp³-hybridized carbons (Fsp3) is 0.385. The molecule has 0 saturated carbocycles.